The number of amides is 1. The monoisotopic (exact) mass is 474 g/mol. The van der Waals surface area contributed by atoms with Crippen molar-refractivity contribution in [3.8, 4) is 11.8 Å². The average molecular weight is 474 g/mol. The number of hydrogen-bond donors (Lipinski definition) is 1. The molecule has 0 bridgehead atoms. The maximum absolute atomic E-state index is 14.9. The van der Waals surface area contributed by atoms with Crippen LogP contribution < -0.4 is 5.73 Å². The van der Waals surface area contributed by atoms with E-state index in [0.717, 1.165) is 12.8 Å². The Balaban J connectivity index is 1.42. The number of carbonyl (C=O) groups excluding carboxylic acids is 1. The lowest BCUT2D eigenvalue weighted by Gasteiger charge is -2.14. The summed E-state index contributed by atoms with van der Waals surface area (Å²) in [5.41, 5.74) is 7.18. The van der Waals surface area contributed by atoms with Gasteiger partial charge in [0.1, 0.15) is 23.4 Å². The predicted molar refractivity (Wildman–Crippen MR) is 124 cm³/mol. The van der Waals surface area contributed by atoms with Gasteiger partial charge in [-0.05, 0) is 37.3 Å². The first-order valence-corrected chi connectivity index (χ1v) is 11.2. The molecule has 6 rings (SSSR count). The molecule has 11 heteroatoms. The Morgan fingerprint density at radius 1 is 1.14 bits per heavy atom. The second-order valence-corrected chi connectivity index (χ2v) is 8.73. The quantitative estimate of drug-likeness (QED) is 0.361. The Bertz CT molecular complexity index is 1590. The van der Waals surface area contributed by atoms with Crippen LogP contribution in [0, 0.1) is 23.5 Å². The predicted octanol–water partition coefficient (Wildman–Crippen LogP) is 2.73. The number of likely N-dealkylation sites (tertiary alicyclic amines) is 1. The standard InChI is InChI=1S/C24H20F2N8O/c1-2-18(35)32-8-7-15(10-32)34-24-19(23(27)28-11-29-24)16(31-34)6-3-13-9-17-22(21(26)20(13)25)33(12-30-17)14-4-5-14/h2,9,11-12,14-15H,1,4-5,7-8,10H2,(H2,27,28,29)/t15-/m0/s1. The van der Waals surface area contributed by atoms with Gasteiger partial charge in [-0.15, -0.1) is 0 Å². The number of carbonyl (C=O) groups is 1. The number of aromatic nitrogens is 6. The molecule has 2 aliphatic rings. The van der Waals surface area contributed by atoms with Crippen LogP contribution in [0.25, 0.3) is 22.1 Å². The molecule has 1 aliphatic carbocycles. The van der Waals surface area contributed by atoms with E-state index in [-0.39, 0.29) is 40.6 Å². The van der Waals surface area contributed by atoms with Crippen LogP contribution in [0.5, 0.6) is 0 Å². The lowest BCUT2D eigenvalue weighted by Crippen LogP contribution is -2.27. The maximum Gasteiger partial charge on any atom is 0.246 e. The number of anilines is 1. The van der Waals surface area contributed by atoms with E-state index in [2.05, 4.69) is 38.5 Å². The first-order chi connectivity index (χ1) is 17.0. The molecule has 1 aliphatic heterocycles. The molecular weight excluding hydrogens is 454 g/mol. The molecule has 9 nitrogen and oxygen atoms in total. The highest BCUT2D eigenvalue weighted by Crippen LogP contribution is 2.38. The number of halogens is 2. The zero-order chi connectivity index (χ0) is 24.3. The van der Waals surface area contributed by atoms with Crippen molar-refractivity contribution in [2.45, 2.75) is 31.3 Å². The van der Waals surface area contributed by atoms with Crippen molar-refractivity contribution in [2.75, 3.05) is 18.8 Å². The third-order valence-electron chi connectivity index (χ3n) is 6.51. The Morgan fingerprint density at radius 2 is 1.97 bits per heavy atom. The largest absolute Gasteiger partial charge is 0.383 e. The molecule has 176 valence electrons. The van der Waals surface area contributed by atoms with Crippen molar-refractivity contribution in [2.24, 2.45) is 0 Å². The van der Waals surface area contributed by atoms with Crippen molar-refractivity contribution in [3.05, 3.63) is 54.3 Å². The van der Waals surface area contributed by atoms with E-state index in [1.165, 1.54) is 24.8 Å². The van der Waals surface area contributed by atoms with Crippen LogP contribution in [0.4, 0.5) is 14.6 Å². The van der Waals surface area contributed by atoms with Gasteiger partial charge in [0.2, 0.25) is 5.91 Å². The van der Waals surface area contributed by atoms with E-state index >= 15 is 0 Å². The fourth-order valence-electron chi connectivity index (χ4n) is 4.58. The fraction of sp³-hybridized carbons (Fsp3) is 0.292. The van der Waals surface area contributed by atoms with E-state index in [1.54, 1.807) is 14.1 Å². The number of imidazole rings is 1. The zero-order valence-electron chi connectivity index (χ0n) is 18.6. The number of hydrogen-bond acceptors (Lipinski definition) is 6. The Labute approximate surface area is 198 Å². The molecule has 1 aromatic carbocycles. The first-order valence-electron chi connectivity index (χ1n) is 11.2. The molecular formula is C24H20F2N8O. The van der Waals surface area contributed by atoms with Gasteiger partial charge >= 0.3 is 0 Å². The zero-order valence-corrected chi connectivity index (χ0v) is 18.6. The van der Waals surface area contributed by atoms with Gasteiger partial charge in [0.15, 0.2) is 17.3 Å². The molecule has 1 amide bonds. The highest BCUT2D eigenvalue weighted by atomic mass is 19.2. The number of benzene rings is 1. The normalized spacial score (nSPS) is 17.7. The molecule has 4 aromatic rings. The van der Waals surface area contributed by atoms with Crippen LogP contribution in [-0.2, 0) is 4.79 Å². The average Bonchev–Trinajstić information content (AvgIpc) is 3.27. The smallest absolute Gasteiger partial charge is 0.246 e. The number of fused-ring (bicyclic) bond motifs is 2. The van der Waals surface area contributed by atoms with Crippen LogP contribution in [0.2, 0.25) is 0 Å². The van der Waals surface area contributed by atoms with Gasteiger partial charge in [-0.3, -0.25) is 4.79 Å². The number of nitrogens with zero attached hydrogens (tertiary/aromatic N) is 7. The van der Waals surface area contributed by atoms with Crippen LogP contribution in [-0.4, -0.2) is 53.2 Å². The van der Waals surface area contributed by atoms with Gasteiger partial charge in [-0.1, -0.05) is 12.5 Å². The highest BCUT2D eigenvalue weighted by Gasteiger charge is 2.30. The first kappa shape index (κ1) is 21.2. The van der Waals surface area contributed by atoms with Crippen LogP contribution in [0.3, 0.4) is 0 Å². The Hall–Kier alpha value is -4.33. The van der Waals surface area contributed by atoms with Gasteiger partial charge in [0.05, 0.1) is 28.8 Å². The summed E-state index contributed by atoms with van der Waals surface area (Å²) in [4.78, 5) is 26.3. The second-order valence-electron chi connectivity index (χ2n) is 8.73. The molecule has 2 fully saturated rings. The van der Waals surface area contributed by atoms with Crippen molar-refractivity contribution < 1.29 is 13.6 Å². The minimum Gasteiger partial charge on any atom is -0.383 e. The molecule has 0 unspecified atom stereocenters. The molecule has 0 spiro atoms. The number of rotatable bonds is 3. The van der Waals surface area contributed by atoms with Gasteiger partial charge in [0, 0.05) is 19.1 Å². The lowest BCUT2D eigenvalue weighted by molar-refractivity contribution is -0.125. The van der Waals surface area contributed by atoms with Crippen LogP contribution >= 0.6 is 0 Å². The molecule has 1 saturated heterocycles. The van der Waals surface area contributed by atoms with Crippen molar-refractivity contribution in [1.82, 2.24) is 34.2 Å². The van der Waals surface area contributed by atoms with Crippen molar-refractivity contribution >= 4 is 33.8 Å². The third-order valence-corrected chi connectivity index (χ3v) is 6.51. The molecule has 2 N–H and O–H groups in total. The second kappa shape index (κ2) is 7.87. The summed E-state index contributed by atoms with van der Waals surface area (Å²) in [6, 6.07) is 1.45. The molecule has 3 aromatic heterocycles. The van der Waals surface area contributed by atoms with Gasteiger partial charge in [0.25, 0.3) is 0 Å². The van der Waals surface area contributed by atoms with E-state index in [4.69, 9.17) is 5.73 Å². The summed E-state index contributed by atoms with van der Waals surface area (Å²) in [5.74, 6) is 3.54. The van der Waals surface area contributed by atoms with E-state index < -0.39 is 11.6 Å². The summed E-state index contributed by atoms with van der Waals surface area (Å²) in [6.45, 7) is 4.52. The van der Waals surface area contributed by atoms with Crippen molar-refractivity contribution in [1.29, 1.82) is 0 Å². The van der Waals surface area contributed by atoms with Gasteiger partial charge in [-0.25, -0.2) is 28.4 Å². The highest BCUT2D eigenvalue weighted by molar-refractivity contribution is 5.91. The molecule has 4 heterocycles. The van der Waals surface area contributed by atoms with Crippen LogP contribution in [0.1, 0.15) is 42.6 Å². The fourth-order valence-corrected chi connectivity index (χ4v) is 4.58. The van der Waals surface area contributed by atoms with Gasteiger partial charge < -0.3 is 15.2 Å². The molecule has 35 heavy (non-hydrogen) atoms. The minimum atomic E-state index is -1.03. The minimum absolute atomic E-state index is 0.127. The number of nitrogens with two attached hydrogens (primary N) is 1. The SMILES string of the molecule is C=CC(=O)N1CC[C@H](n2nc(C#Cc3cc4ncn(C5CC5)c4c(F)c3F)c3c(N)ncnc32)C1. The van der Waals surface area contributed by atoms with Crippen LogP contribution in [0.15, 0.2) is 31.4 Å². The van der Waals surface area contributed by atoms with Crippen molar-refractivity contribution in [3.63, 3.8) is 0 Å². The maximum atomic E-state index is 14.9. The lowest BCUT2D eigenvalue weighted by atomic mass is 10.1. The Kier molecular flexibility index (Phi) is 4.77. The summed E-state index contributed by atoms with van der Waals surface area (Å²) in [5, 5.41) is 5.00. The Morgan fingerprint density at radius 3 is 2.74 bits per heavy atom. The number of nitrogen functional groups attached to an aromatic ring is 1. The third kappa shape index (κ3) is 3.41. The summed E-state index contributed by atoms with van der Waals surface area (Å²) < 4.78 is 33.2. The topological polar surface area (TPSA) is 108 Å². The summed E-state index contributed by atoms with van der Waals surface area (Å²) in [6.07, 6.45) is 6.65. The van der Waals surface area contributed by atoms with E-state index in [9.17, 15) is 13.6 Å². The summed E-state index contributed by atoms with van der Waals surface area (Å²) >= 11 is 0. The van der Waals surface area contributed by atoms with E-state index in [1.807, 2.05) is 0 Å². The van der Waals surface area contributed by atoms with E-state index in [0.29, 0.717) is 36.1 Å². The molecule has 1 saturated carbocycles. The molecule has 0 radical (unpaired) electrons. The van der Waals surface area contributed by atoms with Gasteiger partial charge in [-0.2, -0.15) is 5.10 Å². The summed E-state index contributed by atoms with van der Waals surface area (Å²) in [7, 11) is 0. The molecule has 1 atom stereocenters.